The first-order valence-corrected chi connectivity index (χ1v) is 9.68. The van der Waals surface area contributed by atoms with Gasteiger partial charge < -0.3 is 14.6 Å². The standard InChI is InChI=1S/C18H23N3O4S/c1-21-15-7-5-4-6-12(15)19-13(17(21)23)8-9-16(22)20-14(10-11-26-3)18(24)25-2/h4-7,14H,8-11H2,1-3H3,(H,20,22). The van der Waals surface area contributed by atoms with E-state index in [4.69, 9.17) is 4.74 Å². The van der Waals surface area contributed by atoms with Crippen LogP contribution >= 0.6 is 11.8 Å². The SMILES string of the molecule is COC(=O)C(CCSC)NC(=O)CCc1nc2ccccc2n(C)c1=O. The molecule has 2 aromatic rings. The molecule has 1 amide bonds. The Morgan fingerprint density at radius 2 is 2.08 bits per heavy atom. The zero-order valence-electron chi connectivity index (χ0n) is 15.2. The van der Waals surface area contributed by atoms with Gasteiger partial charge in [-0.05, 0) is 30.6 Å². The second kappa shape index (κ2) is 9.38. The van der Waals surface area contributed by atoms with Crippen molar-refractivity contribution in [2.45, 2.75) is 25.3 Å². The Labute approximate surface area is 156 Å². The number of methoxy groups -OCH3 is 1. The predicted molar refractivity (Wildman–Crippen MR) is 102 cm³/mol. The molecule has 1 unspecified atom stereocenters. The van der Waals surface area contributed by atoms with Crippen LogP contribution in [-0.4, -0.2) is 46.6 Å². The summed E-state index contributed by atoms with van der Waals surface area (Å²) in [6.07, 6.45) is 2.71. The molecule has 1 aromatic heterocycles. The molecule has 0 aliphatic heterocycles. The van der Waals surface area contributed by atoms with Gasteiger partial charge in [-0.25, -0.2) is 9.78 Å². The number of para-hydroxylation sites is 2. The topological polar surface area (TPSA) is 90.3 Å². The quantitative estimate of drug-likeness (QED) is 0.697. The highest BCUT2D eigenvalue weighted by molar-refractivity contribution is 7.98. The third-order valence-corrected chi connectivity index (χ3v) is 4.71. The van der Waals surface area contributed by atoms with Crippen molar-refractivity contribution in [3.63, 3.8) is 0 Å². The van der Waals surface area contributed by atoms with Gasteiger partial charge in [-0.1, -0.05) is 12.1 Å². The van der Waals surface area contributed by atoms with Crippen LogP contribution in [0.5, 0.6) is 0 Å². The number of hydrogen-bond acceptors (Lipinski definition) is 6. The van der Waals surface area contributed by atoms with Crippen molar-refractivity contribution in [3.8, 4) is 0 Å². The van der Waals surface area contributed by atoms with E-state index in [1.54, 1.807) is 18.8 Å². The van der Waals surface area contributed by atoms with E-state index in [2.05, 4.69) is 10.3 Å². The van der Waals surface area contributed by atoms with E-state index in [-0.39, 0.29) is 24.3 Å². The van der Waals surface area contributed by atoms with E-state index < -0.39 is 12.0 Å². The maximum absolute atomic E-state index is 12.4. The molecule has 0 saturated carbocycles. The average Bonchev–Trinajstić information content (AvgIpc) is 2.66. The summed E-state index contributed by atoms with van der Waals surface area (Å²) < 4.78 is 6.26. The van der Waals surface area contributed by atoms with Crippen molar-refractivity contribution in [1.82, 2.24) is 14.9 Å². The summed E-state index contributed by atoms with van der Waals surface area (Å²) in [4.78, 5) is 40.8. The lowest BCUT2D eigenvalue weighted by atomic mass is 10.2. The number of esters is 1. The van der Waals surface area contributed by atoms with Gasteiger partial charge in [0, 0.05) is 19.9 Å². The van der Waals surface area contributed by atoms with Gasteiger partial charge in [-0.2, -0.15) is 11.8 Å². The van der Waals surface area contributed by atoms with Crippen LogP contribution in [0.1, 0.15) is 18.5 Å². The van der Waals surface area contributed by atoms with Gasteiger partial charge in [0.1, 0.15) is 11.7 Å². The normalized spacial score (nSPS) is 12.0. The number of ether oxygens (including phenoxy) is 1. The van der Waals surface area contributed by atoms with Crippen molar-refractivity contribution in [2.24, 2.45) is 7.05 Å². The van der Waals surface area contributed by atoms with E-state index in [0.29, 0.717) is 17.6 Å². The van der Waals surface area contributed by atoms with Crippen LogP contribution in [0.4, 0.5) is 0 Å². The fourth-order valence-electron chi connectivity index (χ4n) is 2.63. The number of nitrogens with zero attached hydrogens (tertiary/aromatic N) is 2. The summed E-state index contributed by atoms with van der Waals surface area (Å²) in [5.74, 6) is -0.0436. The molecule has 7 nitrogen and oxygen atoms in total. The largest absolute Gasteiger partial charge is 0.467 e. The van der Waals surface area contributed by atoms with E-state index in [1.165, 1.54) is 11.7 Å². The first-order chi connectivity index (χ1) is 12.5. The van der Waals surface area contributed by atoms with Crippen molar-refractivity contribution >= 4 is 34.7 Å². The number of fused-ring (bicyclic) bond motifs is 1. The van der Waals surface area contributed by atoms with E-state index in [1.807, 2.05) is 30.5 Å². The number of amides is 1. The molecule has 1 aromatic carbocycles. The lowest BCUT2D eigenvalue weighted by Crippen LogP contribution is -2.42. The number of rotatable bonds is 8. The summed E-state index contributed by atoms with van der Waals surface area (Å²) in [7, 11) is 2.98. The molecule has 0 aliphatic carbocycles. The molecule has 1 heterocycles. The molecule has 8 heteroatoms. The molecule has 26 heavy (non-hydrogen) atoms. The third-order valence-electron chi connectivity index (χ3n) is 4.07. The van der Waals surface area contributed by atoms with Crippen LogP contribution in [-0.2, 0) is 27.8 Å². The fourth-order valence-corrected chi connectivity index (χ4v) is 3.10. The van der Waals surface area contributed by atoms with Crippen LogP contribution in [0, 0.1) is 0 Å². The molecule has 1 N–H and O–H groups in total. The van der Waals surface area contributed by atoms with E-state index in [0.717, 1.165) is 11.3 Å². The zero-order valence-corrected chi connectivity index (χ0v) is 16.0. The van der Waals surface area contributed by atoms with Gasteiger partial charge in [-0.15, -0.1) is 0 Å². The Morgan fingerprint density at radius 3 is 2.77 bits per heavy atom. The second-order valence-corrected chi connectivity index (χ2v) is 6.82. The third kappa shape index (κ3) is 4.85. The van der Waals surface area contributed by atoms with Gasteiger partial charge in [0.2, 0.25) is 5.91 Å². The van der Waals surface area contributed by atoms with E-state index in [9.17, 15) is 14.4 Å². The molecule has 0 bridgehead atoms. The predicted octanol–water partition coefficient (Wildman–Crippen LogP) is 1.28. The molecule has 2 rings (SSSR count). The molecular weight excluding hydrogens is 354 g/mol. The minimum Gasteiger partial charge on any atom is -0.467 e. The molecule has 0 saturated heterocycles. The minimum absolute atomic E-state index is 0.0767. The van der Waals surface area contributed by atoms with Gasteiger partial charge in [0.25, 0.3) is 5.56 Å². The lowest BCUT2D eigenvalue weighted by molar-refractivity contribution is -0.145. The number of hydrogen-bond donors (Lipinski definition) is 1. The lowest BCUT2D eigenvalue weighted by Gasteiger charge is -2.16. The summed E-state index contributed by atoms with van der Waals surface area (Å²) in [5.41, 5.74) is 1.56. The molecule has 0 spiro atoms. The molecule has 0 aliphatic rings. The zero-order chi connectivity index (χ0) is 19.1. The first kappa shape index (κ1) is 20.0. The number of aryl methyl sites for hydroxylation is 2. The van der Waals surface area contributed by atoms with Gasteiger partial charge in [-0.3, -0.25) is 9.59 Å². The number of benzene rings is 1. The monoisotopic (exact) mass is 377 g/mol. The number of carbonyl (C=O) groups is 2. The Bertz CT molecular complexity index is 850. The number of aromatic nitrogens is 2. The van der Waals surface area contributed by atoms with Crippen LogP contribution in [0.15, 0.2) is 29.1 Å². The van der Waals surface area contributed by atoms with Crippen LogP contribution in [0.25, 0.3) is 11.0 Å². The maximum atomic E-state index is 12.4. The number of carbonyl (C=O) groups excluding carboxylic acids is 2. The highest BCUT2D eigenvalue weighted by atomic mass is 32.2. The molecule has 0 radical (unpaired) electrons. The molecular formula is C18H23N3O4S. The summed E-state index contributed by atoms with van der Waals surface area (Å²) in [6.45, 7) is 0. The van der Waals surface area contributed by atoms with Crippen LogP contribution in [0.3, 0.4) is 0 Å². The van der Waals surface area contributed by atoms with E-state index >= 15 is 0 Å². The Morgan fingerprint density at radius 1 is 1.35 bits per heavy atom. The molecule has 140 valence electrons. The highest BCUT2D eigenvalue weighted by Gasteiger charge is 2.21. The summed E-state index contributed by atoms with van der Waals surface area (Å²) in [5, 5.41) is 2.68. The van der Waals surface area contributed by atoms with Gasteiger partial charge >= 0.3 is 5.97 Å². The minimum atomic E-state index is -0.674. The maximum Gasteiger partial charge on any atom is 0.328 e. The highest BCUT2D eigenvalue weighted by Crippen LogP contribution is 2.09. The summed E-state index contributed by atoms with van der Waals surface area (Å²) in [6, 6.07) is 6.68. The Hall–Kier alpha value is -2.35. The molecule has 0 fully saturated rings. The smallest absolute Gasteiger partial charge is 0.328 e. The first-order valence-electron chi connectivity index (χ1n) is 8.28. The number of thioether (sulfide) groups is 1. The van der Waals surface area contributed by atoms with Crippen LogP contribution < -0.4 is 10.9 Å². The van der Waals surface area contributed by atoms with Gasteiger partial charge in [0.05, 0.1) is 18.1 Å². The number of nitrogens with one attached hydrogen (secondary N) is 1. The van der Waals surface area contributed by atoms with Crippen molar-refractivity contribution in [2.75, 3.05) is 19.1 Å². The van der Waals surface area contributed by atoms with Crippen molar-refractivity contribution < 1.29 is 14.3 Å². The van der Waals surface area contributed by atoms with Crippen LogP contribution in [0.2, 0.25) is 0 Å². The Balaban J connectivity index is 2.06. The average molecular weight is 377 g/mol. The molecule has 1 atom stereocenters. The second-order valence-electron chi connectivity index (χ2n) is 5.84. The van der Waals surface area contributed by atoms with Crippen molar-refractivity contribution in [3.05, 3.63) is 40.3 Å². The fraction of sp³-hybridized carbons (Fsp3) is 0.444. The van der Waals surface area contributed by atoms with Gasteiger partial charge in [0.15, 0.2) is 0 Å². The summed E-state index contributed by atoms with van der Waals surface area (Å²) >= 11 is 1.59. The van der Waals surface area contributed by atoms with Crippen molar-refractivity contribution in [1.29, 1.82) is 0 Å². The Kier molecular flexibility index (Phi) is 7.20.